The molecule has 2 fully saturated rings. The summed E-state index contributed by atoms with van der Waals surface area (Å²) in [6.07, 6.45) is -2.16. The van der Waals surface area contributed by atoms with Crippen LogP contribution in [-0.4, -0.2) is 99.4 Å². The number of amides is 1. The van der Waals surface area contributed by atoms with Crippen molar-refractivity contribution in [2.45, 2.75) is 55.6 Å². The predicted molar refractivity (Wildman–Crippen MR) is 168 cm³/mol. The number of ether oxygens (including phenoxy) is 2. The van der Waals surface area contributed by atoms with E-state index in [9.17, 15) is 26.4 Å². The van der Waals surface area contributed by atoms with Gasteiger partial charge in [-0.05, 0) is 49.1 Å². The van der Waals surface area contributed by atoms with E-state index >= 15 is 4.39 Å². The number of hydrogen-bond acceptors (Lipinski definition) is 8. The van der Waals surface area contributed by atoms with Crippen molar-refractivity contribution in [1.82, 2.24) is 19.8 Å². The van der Waals surface area contributed by atoms with Crippen LogP contribution < -0.4 is 15.4 Å². The van der Waals surface area contributed by atoms with E-state index in [1.807, 2.05) is 6.92 Å². The van der Waals surface area contributed by atoms with Crippen LogP contribution in [0, 0.1) is 17.8 Å². The summed E-state index contributed by atoms with van der Waals surface area (Å²) in [5.74, 6) is 5.22. The Morgan fingerprint density at radius 2 is 1.91 bits per heavy atom. The van der Waals surface area contributed by atoms with Gasteiger partial charge in [0, 0.05) is 44.2 Å². The fraction of sp³-hybridized carbons (Fsp3) is 0.500. The van der Waals surface area contributed by atoms with E-state index < -0.39 is 40.7 Å². The topological polar surface area (TPSA) is 115 Å². The normalized spacial score (nSPS) is 21.2. The van der Waals surface area contributed by atoms with Crippen molar-refractivity contribution in [3.05, 3.63) is 47.8 Å². The minimum absolute atomic E-state index is 0.0116. The smallest absolute Gasteiger partial charge is 0.406 e. The van der Waals surface area contributed by atoms with Gasteiger partial charge in [0.05, 0.1) is 47.7 Å². The second kappa shape index (κ2) is 14.1. The maximum atomic E-state index is 15.5. The molecule has 0 spiro atoms. The number of nitrogens with zero attached hydrogens (tertiary/aromatic N) is 3. The predicted octanol–water partition coefficient (Wildman–Crippen LogP) is 4.04. The lowest BCUT2D eigenvalue weighted by molar-refractivity contribution is -0.139. The van der Waals surface area contributed by atoms with E-state index in [0.717, 1.165) is 30.0 Å². The summed E-state index contributed by atoms with van der Waals surface area (Å²) in [6.45, 7) is 2.55. The first-order valence-corrected chi connectivity index (χ1v) is 17.1. The van der Waals surface area contributed by atoms with E-state index in [4.69, 9.17) is 9.47 Å². The minimum Gasteiger partial charge on any atom is -0.495 e. The third-order valence-electron chi connectivity index (χ3n) is 8.46. The molecule has 2 saturated heterocycles. The summed E-state index contributed by atoms with van der Waals surface area (Å²) in [6, 6.07) is 6.58. The van der Waals surface area contributed by atoms with Gasteiger partial charge in [0.25, 0.3) is 5.91 Å². The standard InChI is InChI=1S/C32H37F4N5O5S/c1-20-16-40(22-8-11-46-12-9-22)17-25(33)29(20)39-31(42)24-13-21(14-27-30(24)38-19-41(27)18-32(34,35)36)5-4-10-37-26-15-23(47(3,43)44)6-7-28(26)45-2/h6-7,13-15,19-20,22,25,29,37H,8-12,16-18H2,1-3H3,(H,39,42)/t20-,25-,29+/m0/s1. The Kier molecular flexibility index (Phi) is 10.3. The lowest BCUT2D eigenvalue weighted by atomic mass is 9.89. The molecular formula is C32H37F4N5O5S. The Hall–Kier alpha value is -3.87. The number of imidazole rings is 1. The molecule has 2 N–H and O–H groups in total. The van der Waals surface area contributed by atoms with E-state index in [1.165, 1.54) is 37.4 Å². The van der Waals surface area contributed by atoms with Gasteiger partial charge < -0.3 is 24.7 Å². The Morgan fingerprint density at radius 1 is 1.17 bits per heavy atom. The van der Waals surface area contributed by atoms with Gasteiger partial charge in [-0.15, -0.1) is 0 Å². The van der Waals surface area contributed by atoms with Crippen LogP contribution in [0.4, 0.5) is 23.2 Å². The van der Waals surface area contributed by atoms with Crippen LogP contribution in [0.25, 0.3) is 11.0 Å². The summed E-state index contributed by atoms with van der Waals surface area (Å²) < 4.78 is 91.3. The fourth-order valence-corrected chi connectivity index (χ4v) is 6.78. The number of alkyl halides is 4. The van der Waals surface area contributed by atoms with E-state index in [2.05, 4.69) is 32.4 Å². The summed E-state index contributed by atoms with van der Waals surface area (Å²) in [7, 11) is -2.05. The highest BCUT2D eigenvalue weighted by atomic mass is 32.2. The first-order chi connectivity index (χ1) is 22.2. The largest absolute Gasteiger partial charge is 0.495 e. The van der Waals surface area contributed by atoms with Crippen molar-refractivity contribution >= 4 is 32.5 Å². The Morgan fingerprint density at radius 3 is 2.57 bits per heavy atom. The van der Waals surface area contributed by atoms with Crippen molar-refractivity contribution in [3.8, 4) is 17.6 Å². The quantitative estimate of drug-likeness (QED) is 0.271. The Balaban J connectivity index is 1.39. The third kappa shape index (κ3) is 8.35. The number of nitrogens with one attached hydrogen (secondary N) is 2. The van der Waals surface area contributed by atoms with Crippen LogP contribution in [-0.2, 0) is 21.1 Å². The summed E-state index contributed by atoms with van der Waals surface area (Å²) >= 11 is 0. The molecule has 1 aromatic heterocycles. The number of piperidine rings is 1. The van der Waals surface area contributed by atoms with Gasteiger partial charge in [0.1, 0.15) is 24.0 Å². The van der Waals surface area contributed by atoms with Crippen molar-refractivity contribution in [1.29, 1.82) is 0 Å². The van der Waals surface area contributed by atoms with Crippen molar-refractivity contribution < 1.29 is 40.2 Å². The van der Waals surface area contributed by atoms with Crippen LogP contribution in [0.3, 0.4) is 0 Å². The number of benzene rings is 2. The lowest BCUT2D eigenvalue weighted by Crippen LogP contribution is -2.59. The number of aromatic nitrogens is 2. The maximum Gasteiger partial charge on any atom is 0.406 e. The fourth-order valence-electron chi connectivity index (χ4n) is 6.13. The number of likely N-dealkylation sites (tertiary alicyclic amines) is 1. The minimum atomic E-state index is -4.55. The second-order valence-corrected chi connectivity index (χ2v) is 14.0. The van der Waals surface area contributed by atoms with E-state index in [1.54, 1.807) is 0 Å². The number of anilines is 1. The zero-order valence-electron chi connectivity index (χ0n) is 26.2. The first-order valence-electron chi connectivity index (χ1n) is 15.2. The average Bonchev–Trinajstić information content (AvgIpc) is 3.41. The van der Waals surface area contributed by atoms with Gasteiger partial charge in [0.2, 0.25) is 0 Å². The number of carbonyl (C=O) groups is 1. The third-order valence-corrected chi connectivity index (χ3v) is 9.57. The van der Waals surface area contributed by atoms with E-state index in [-0.39, 0.29) is 52.1 Å². The monoisotopic (exact) mass is 679 g/mol. The van der Waals surface area contributed by atoms with Crippen LogP contribution in [0.2, 0.25) is 0 Å². The molecule has 3 heterocycles. The highest BCUT2D eigenvalue weighted by molar-refractivity contribution is 7.90. The summed E-state index contributed by atoms with van der Waals surface area (Å²) in [5.41, 5.74) is 0.689. The van der Waals surface area contributed by atoms with Gasteiger partial charge >= 0.3 is 6.18 Å². The number of halogens is 4. The van der Waals surface area contributed by atoms with E-state index in [0.29, 0.717) is 31.2 Å². The Bertz CT molecular complexity index is 1770. The average molecular weight is 680 g/mol. The zero-order valence-corrected chi connectivity index (χ0v) is 27.0. The SMILES string of the molecule is COc1ccc(S(C)(=O)=O)cc1NCC#Cc1cc(C(=O)N[C@@H]2[C@@H](C)CN(C3CCOCC3)C[C@@H]2F)c2ncn(CC(F)(F)F)c2c1. The number of sulfone groups is 1. The Labute approximate surface area is 270 Å². The molecule has 3 aromatic rings. The summed E-state index contributed by atoms with van der Waals surface area (Å²) in [4.78, 5) is 19.9. The molecular weight excluding hydrogens is 642 g/mol. The molecule has 3 atom stereocenters. The molecule has 1 amide bonds. The molecule has 2 aliphatic rings. The molecule has 0 unspecified atom stereocenters. The van der Waals surface area contributed by atoms with Gasteiger partial charge in [0.15, 0.2) is 9.84 Å². The molecule has 0 radical (unpaired) electrons. The number of methoxy groups -OCH3 is 1. The van der Waals surface area contributed by atoms with Gasteiger partial charge in [-0.1, -0.05) is 18.8 Å². The van der Waals surface area contributed by atoms with Crippen molar-refractivity contribution in [2.75, 3.05) is 51.5 Å². The number of fused-ring (bicyclic) bond motifs is 1. The molecule has 0 bridgehead atoms. The lowest BCUT2D eigenvalue weighted by Gasteiger charge is -2.44. The van der Waals surface area contributed by atoms with Crippen molar-refractivity contribution in [2.24, 2.45) is 5.92 Å². The number of hydrogen-bond donors (Lipinski definition) is 2. The highest BCUT2D eigenvalue weighted by Gasteiger charge is 2.39. The summed E-state index contributed by atoms with van der Waals surface area (Å²) in [5, 5.41) is 5.78. The van der Waals surface area contributed by atoms with Gasteiger partial charge in [-0.25, -0.2) is 17.8 Å². The van der Waals surface area contributed by atoms with Crippen LogP contribution in [0.5, 0.6) is 5.75 Å². The number of rotatable bonds is 8. The molecule has 2 aliphatic heterocycles. The highest BCUT2D eigenvalue weighted by Crippen LogP contribution is 2.29. The molecule has 0 saturated carbocycles. The zero-order chi connectivity index (χ0) is 33.9. The molecule has 10 nitrogen and oxygen atoms in total. The first kappa shape index (κ1) is 34.5. The molecule has 2 aromatic carbocycles. The van der Waals surface area contributed by atoms with Crippen molar-refractivity contribution in [3.63, 3.8) is 0 Å². The molecule has 15 heteroatoms. The molecule has 5 rings (SSSR count). The molecule has 47 heavy (non-hydrogen) atoms. The van der Waals surface area contributed by atoms with Crippen LogP contribution >= 0.6 is 0 Å². The van der Waals surface area contributed by atoms with Crippen LogP contribution in [0.1, 0.15) is 35.7 Å². The maximum absolute atomic E-state index is 15.5. The molecule has 0 aliphatic carbocycles. The molecule has 254 valence electrons. The van der Waals surface area contributed by atoms with Crippen LogP contribution in [0.15, 0.2) is 41.6 Å². The van der Waals surface area contributed by atoms with Gasteiger partial charge in [-0.3, -0.25) is 9.69 Å². The second-order valence-electron chi connectivity index (χ2n) is 12.0. The van der Waals surface area contributed by atoms with Gasteiger partial charge in [-0.2, -0.15) is 13.2 Å². The number of carbonyl (C=O) groups excluding carboxylic acids is 1.